The second-order valence-corrected chi connectivity index (χ2v) is 7.51. The van der Waals surface area contributed by atoms with Gasteiger partial charge in [0, 0.05) is 32.6 Å². The summed E-state index contributed by atoms with van der Waals surface area (Å²) in [6.07, 6.45) is 2.27. The quantitative estimate of drug-likeness (QED) is 0.621. The maximum absolute atomic E-state index is 12.3. The Bertz CT molecular complexity index is 1030. The maximum atomic E-state index is 12.3. The monoisotopic (exact) mass is 425 g/mol. The third kappa shape index (κ3) is 4.56. The molecule has 4 rings (SSSR count). The molecule has 3 aromatic rings. The van der Waals surface area contributed by atoms with Gasteiger partial charge in [0.2, 0.25) is 0 Å². The Kier molecular flexibility index (Phi) is 6.22. The van der Waals surface area contributed by atoms with Gasteiger partial charge in [0.25, 0.3) is 5.91 Å². The number of methoxy groups -OCH3 is 2. The molecule has 31 heavy (non-hydrogen) atoms. The van der Waals surface area contributed by atoms with Gasteiger partial charge in [0.05, 0.1) is 26.5 Å². The Hall–Kier alpha value is -3.33. The third-order valence-corrected chi connectivity index (χ3v) is 5.48. The lowest BCUT2D eigenvalue weighted by atomic mass is 10.2. The predicted octanol–water partition coefficient (Wildman–Crippen LogP) is 2.44. The van der Waals surface area contributed by atoms with Crippen molar-refractivity contribution in [3.63, 3.8) is 0 Å². The highest BCUT2D eigenvalue weighted by Crippen LogP contribution is 2.28. The SMILES string of the molecule is COc1ccc(CN2CCc3nnc(C(C)NC(=O)c4ccco4)n3CC2)cc1OC. The molecule has 2 aromatic heterocycles. The highest BCUT2D eigenvalue weighted by molar-refractivity contribution is 5.91. The van der Waals surface area contributed by atoms with Crippen molar-refractivity contribution in [2.24, 2.45) is 0 Å². The lowest BCUT2D eigenvalue weighted by Gasteiger charge is -2.21. The van der Waals surface area contributed by atoms with Crippen LogP contribution < -0.4 is 14.8 Å². The van der Waals surface area contributed by atoms with E-state index in [-0.39, 0.29) is 17.7 Å². The molecule has 164 valence electrons. The van der Waals surface area contributed by atoms with Crippen LogP contribution in [0.15, 0.2) is 41.0 Å². The standard InChI is InChI=1S/C22H27N5O4/c1-15(23-22(28)18-5-4-12-31-18)21-25-24-20-8-9-26(10-11-27(20)21)14-16-6-7-17(29-2)19(13-16)30-3/h4-7,12-13,15H,8-11,14H2,1-3H3,(H,23,28). The minimum atomic E-state index is -0.281. The number of carbonyl (C=O) groups is 1. The van der Waals surface area contributed by atoms with Crippen molar-refractivity contribution in [3.8, 4) is 11.5 Å². The van der Waals surface area contributed by atoms with Crippen LogP contribution in [0.2, 0.25) is 0 Å². The molecule has 1 amide bonds. The van der Waals surface area contributed by atoms with Gasteiger partial charge >= 0.3 is 0 Å². The molecule has 1 aliphatic heterocycles. The second-order valence-electron chi connectivity index (χ2n) is 7.51. The highest BCUT2D eigenvalue weighted by atomic mass is 16.5. The molecule has 9 heteroatoms. The molecular formula is C22H27N5O4. The summed E-state index contributed by atoms with van der Waals surface area (Å²) < 4.78 is 18.0. The van der Waals surface area contributed by atoms with E-state index < -0.39 is 0 Å². The average molecular weight is 425 g/mol. The van der Waals surface area contributed by atoms with Crippen LogP contribution in [0.3, 0.4) is 0 Å². The molecule has 1 unspecified atom stereocenters. The van der Waals surface area contributed by atoms with Gasteiger partial charge in [-0.2, -0.15) is 0 Å². The third-order valence-electron chi connectivity index (χ3n) is 5.48. The number of fused-ring (bicyclic) bond motifs is 1. The topological polar surface area (TPSA) is 94.6 Å². The molecular weight excluding hydrogens is 398 g/mol. The first-order valence-electron chi connectivity index (χ1n) is 10.3. The van der Waals surface area contributed by atoms with Crippen LogP contribution >= 0.6 is 0 Å². The summed E-state index contributed by atoms with van der Waals surface area (Å²) in [5.41, 5.74) is 1.16. The Morgan fingerprint density at radius 3 is 2.74 bits per heavy atom. The number of amides is 1. The van der Waals surface area contributed by atoms with Crippen LogP contribution in [0, 0.1) is 0 Å². The van der Waals surface area contributed by atoms with Crippen LogP contribution in [-0.4, -0.2) is 52.9 Å². The fourth-order valence-corrected chi connectivity index (χ4v) is 3.84. The molecule has 1 atom stereocenters. The highest BCUT2D eigenvalue weighted by Gasteiger charge is 2.23. The largest absolute Gasteiger partial charge is 0.493 e. The molecule has 1 N–H and O–H groups in total. The van der Waals surface area contributed by atoms with E-state index in [4.69, 9.17) is 13.9 Å². The Morgan fingerprint density at radius 2 is 2.00 bits per heavy atom. The number of benzene rings is 1. The predicted molar refractivity (Wildman–Crippen MR) is 113 cm³/mol. The van der Waals surface area contributed by atoms with E-state index in [0.717, 1.165) is 61.3 Å². The summed E-state index contributed by atoms with van der Waals surface area (Å²) in [6.45, 7) is 5.19. The maximum Gasteiger partial charge on any atom is 0.287 e. The zero-order chi connectivity index (χ0) is 21.8. The summed E-state index contributed by atoms with van der Waals surface area (Å²) in [4.78, 5) is 14.7. The molecule has 0 saturated carbocycles. The Labute approximate surface area is 181 Å². The van der Waals surface area contributed by atoms with Crippen molar-refractivity contribution in [3.05, 3.63) is 59.6 Å². The van der Waals surface area contributed by atoms with Crippen LogP contribution in [0.4, 0.5) is 0 Å². The van der Waals surface area contributed by atoms with Crippen LogP contribution in [0.5, 0.6) is 11.5 Å². The Morgan fingerprint density at radius 1 is 1.16 bits per heavy atom. The number of furan rings is 1. The van der Waals surface area contributed by atoms with Crippen molar-refractivity contribution in [1.82, 2.24) is 25.0 Å². The van der Waals surface area contributed by atoms with Crippen molar-refractivity contribution in [2.75, 3.05) is 27.3 Å². The number of hydrogen-bond donors (Lipinski definition) is 1. The number of nitrogens with zero attached hydrogens (tertiary/aromatic N) is 4. The number of carbonyl (C=O) groups excluding carboxylic acids is 1. The van der Waals surface area contributed by atoms with Gasteiger partial charge < -0.3 is 23.8 Å². The Balaban J connectivity index is 1.41. The molecule has 0 radical (unpaired) electrons. The smallest absolute Gasteiger partial charge is 0.287 e. The number of hydrogen-bond acceptors (Lipinski definition) is 7. The summed E-state index contributed by atoms with van der Waals surface area (Å²) in [5, 5.41) is 11.7. The molecule has 0 spiro atoms. The first kappa shape index (κ1) is 20.9. The number of aromatic nitrogens is 3. The first-order valence-corrected chi connectivity index (χ1v) is 10.3. The second kappa shape index (κ2) is 9.22. The molecule has 1 aromatic carbocycles. The van der Waals surface area contributed by atoms with Gasteiger partial charge in [-0.25, -0.2) is 0 Å². The van der Waals surface area contributed by atoms with Crippen molar-refractivity contribution < 1.29 is 18.7 Å². The molecule has 3 heterocycles. The van der Waals surface area contributed by atoms with Gasteiger partial charge in [-0.1, -0.05) is 6.07 Å². The van der Waals surface area contributed by atoms with Crippen molar-refractivity contribution >= 4 is 5.91 Å². The lowest BCUT2D eigenvalue weighted by molar-refractivity contribution is 0.0909. The number of nitrogens with one attached hydrogen (secondary N) is 1. The van der Waals surface area contributed by atoms with E-state index in [1.165, 1.54) is 6.26 Å². The first-order chi connectivity index (χ1) is 15.1. The number of ether oxygens (including phenoxy) is 2. The minimum absolute atomic E-state index is 0.265. The van der Waals surface area contributed by atoms with Crippen LogP contribution in [0.25, 0.3) is 0 Å². The van der Waals surface area contributed by atoms with Crippen molar-refractivity contribution in [2.45, 2.75) is 32.5 Å². The fraction of sp³-hybridized carbons (Fsp3) is 0.409. The van der Waals surface area contributed by atoms with E-state index in [9.17, 15) is 4.79 Å². The zero-order valence-corrected chi connectivity index (χ0v) is 18.0. The molecule has 0 saturated heterocycles. The minimum Gasteiger partial charge on any atom is -0.493 e. The molecule has 0 fully saturated rings. The molecule has 0 aliphatic carbocycles. The summed E-state index contributed by atoms with van der Waals surface area (Å²) in [7, 11) is 3.28. The van der Waals surface area contributed by atoms with E-state index in [1.807, 2.05) is 19.1 Å². The van der Waals surface area contributed by atoms with Gasteiger partial charge in [-0.3, -0.25) is 9.69 Å². The fourth-order valence-electron chi connectivity index (χ4n) is 3.84. The van der Waals surface area contributed by atoms with E-state index in [1.54, 1.807) is 26.4 Å². The van der Waals surface area contributed by atoms with Gasteiger partial charge in [-0.05, 0) is 36.8 Å². The van der Waals surface area contributed by atoms with Gasteiger partial charge in [-0.15, -0.1) is 10.2 Å². The zero-order valence-electron chi connectivity index (χ0n) is 18.0. The average Bonchev–Trinajstić information content (AvgIpc) is 3.42. The molecule has 0 bridgehead atoms. The van der Waals surface area contributed by atoms with Crippen LogP contribution in [-0.2, 0) is 19.5 Å². The molecule has 9 nitrogen and oxygen atoms in total. The summed E-state index contributed by atoms with van der Waals surface area (Å²) >= 11 is 0. The van der Waals surface area contributed by atoms with E-state index >= 15 is 0 Å². The van der Waals surface area contributed by atoms with Crippen molar-refractivity contribution in [1.29, 1.82) is 0 Å². The lowest BCUT2D eigenvalue weighted by Crippen LogP contribution is -2.30. The van der Waals surface area contributed by atoms with Gasteiger partial charge in [0.15, 0.2) is 23.1 Å². The summed E-state index contributed by atoms with van der Waals surface area (Å²) in [5.74, 6) is 3.16. The number of rotatable bonds is 7. The molecule has 1 aliphatic rings. The van der Waals surface area contributed by atoms with E-state index in [2.05, 4.69) is 31.0 Å². The van der Waals surface area contributed by atoms with Crippen LogP contribution in [0.1, 0.15) is 40.7 Å². The summed E-state index contributed by atoms with van der Waals surface area (Å²) in [6, 6.07) is 9.05. The van der Waals surface area contributed by atoms with E-state index in [0.29, 0.717) is 0 Å². The normalized spacial score (nSPS) is 15.1. The van der Waals surface area contributed by atoms with Gasteiger partial charge in [0.1, 0.15) is 5.82 Å².